The van der Waals surface area contributed by atoms with E-state index in [1.54, 1.807) is 30.3 Å². The summed E-state index contributed by atoms with van der Waals surface area (Å²) in [6.45, 7) is 3.76. The fourth-order valence-electron chi connectivity index (χ4n) is 2.48. The minimum Gasteiger partial charge on any atom is -0.351 e. The molecule has 1 aromatic heterocycles. The molecule has 1 amide bonds. The molecule has 7 heteroatoms. The second-order valence-corrected chi connectivity index (χ2v) is 5.98. The lowest BCUT2D eigenvalue weighted by atomic mass is 10.2. The van der Waals surface area contributed by atoms with Crippen LogP contribution in [0.4, 0.5) is 0 Å². The molecule has 0 fully saturated rings. The average molecular weight is 369 g/mol. The van der Waals surface area contributed by atoms with E-state index in [-0.39, 0.29) is 12.5 Å². The van der Waals surface area contributed by atoms with Gasteiger partial charge in [-0.15, -0.1) is 11.7 Å². The van der Waals surface area contributed by atoms with Crippen LogP contribution in [0.1, 0.15) is 0 Å². The summed E-state index contributed by atoms with van der Waals surface area (Å²) in [5.74, 6) is 0.124. The zero-order chi connectivity index (χ0) is 18.5. The molecule has 0 radical (unpaired) electrons. The van der Waals surface area contributed by atoms with Crippen LogP contribution in [0.15, 0.2) is 72.0 Å². The molecule has 0 bridgehead atoms. The average Bonchev–Trinajstić information content (AvgIpc) is 2.98. The zero-order valence-corrected chi connectivity index (χ0v) is 14.7. The number of aromatic nitrogens is 3. The highest BCUT2D eigenvalue weighted by molar-refractivity contribution is 6.30. The molecule has 0 aliphatic rings. The third-order valence-corrected chi connectivity index (χ3v) is 3.96. The van der Waals surface area contributed by atoms with Crippen LogP contribution in [0.3, 0.4) is 0 Å². The van der Waals surface area contributed by atoms with Crippen LogP contribution in [0, 0.1) is 0 Å². The highest BCUT2D eigenvalue weighted by atomic mass is 35.5. The second-order valence-electron chi connectivity index (χ2n) is 5.54. The Kier molecular flexibility index (Phi) is 5.34. The van der Waals surface area contributed by atoms with Gasteiger partial charge in [-0.2, -0.15) is 4.68 Å². The van der Waals surface area contributed by atoms with Crippen LogP contribution in [0.2, 0.25) is 5.02 Å². The molecule has 3 rings (SSSR count). The van der Waals surface area contributed by atoms with E-state index in [0.717, 1.165) is 5.56 Å². The standard InChI is InChI=1S/C19H17ClN4O2/c1-2-12-21-17(25)13-23-18(14-6-4-3-5-7-14)22-24(19(23)26)16-10-8-15(20)9-11-16/h2-11H,1,12-13H2,(H,21,25). The molecule has 0 atom stereocenters. The molecule has 0 spiro atoms. The van der Waals surface area contributed by atoms with Crippen molar-refractivity contribution in [1.82, 2.24) is 19.7 Å². The first-order valence-electron chi connectivity index (χ1n) is 7.99. The topological polar surface area (TPSA) is 68.9 Å². The van der Waals surface area contributed by atoms with Crippen molar-refractivity contribution >= 4 is 17.5 Å². The molecule has 1 heterocycles. The van der Waals surface area contributed by atoms with Crippen molar-refractivity contribution in [3.8, 4) is 17.1 Å². The van der Waals surface area contributed by atoms with Gasteiger partial charge >= 0.3 is 5.69 Å². The first kappa shape index (κ1) is 17.7. The van der Waals surface area contributed by atoms with Gasteiger partial charge in [0.25, 0.3) is 0 Å². The maximum atomic E-state index is 12.9. The van der Waals surface area contributed by atoms with Gasteiger partial charge in [0.1, 0.15) is 6.54 Å². The highest BCUT2D eigenvalue weighted by Gasteiger charge is 2.18. The van der Waals surface area contributed by atoms with E-state index in [1.165, 1.54) is 9.25 Å². The van der Waals surface area contributed by atoms with Gasteiger partial charge in [0.15, 0.2) is 5.82 Å². The van der Waals surface area contributed by atoms with Crippen LogP contribution in [0.25, 0.3) is 17.1 Å². The third kappa shape index (κ3) is 3.75. The van der Waals surface area contributed by atoms with E-state index in [4.69, 9.17) is 11.6 Å². The summed E-state index contributed by atoms with van der Waals surface area (Å²) in [4.78, 5) is 25.0. The number of carbonyl (C=O) groups excluding carboxylic acids is 1. The molecule has 0 unspecified atom stereocenters. The molecule has 0 aliphatic carbocycles. The van der Waals surface area contributed by atoms with Crippen molar-refractivity contribution in [1.29, 1.82) is 0 Å². The van der Waals surface area contributed by atoms with Gasteiger partial charge in [-0.25, -0.2) is 4.79 Å². The first-order valence-corrected chi connectivity index (χ1v) is 8.37. The van der Waals surface area contributed by atoms with Gasteiger partial charge in [-0.1, -0.05) is 48.0 Å². The lowest BCUT2D eigenvalue weighted by molar-refractivity contribution is -0.121. The summed E-state index contributed by atoms with van der Waals surface area (Å²) < 4.78 is 2.61. The number of hydrogen-bond acceptors (Lipinski definition) is 3. The lowest BCUT2D eigenvalue weighted by Gasteiger charge is -2.05. The Balaban J connectivity index is 2.08. The maximum absolute atomic E-state index is 12.9. The van der Waals surface area contributed by atoms with Crippen molar-refractivity contribution in [2.45, 2.75) is 6.54 Å². The Morgan fingerprint density at radius 1 is 1.15 bits per heavy atom. The van der Waals surface area contributed by atoms with Gasteiger partial charge in [-0.05, 0) is 24.3 Å². The predicted molar refractivity (Wildman–Crippen MR) is 101 cm³/mol. The van der Waals surface area contributed by atoms with Crippen LogP contribution >= 0.6 is 11.6 Å². The molecule has 132 valence electrons. The summed E-state index contributed by atoms with van der Waals surface area (Å²) in [6, 6.07) is 16.0. The molecule has 6 nitrogen and oxygen atoms in total. The Morgan fingerprint density at radius 3 is 2.50 bits per heavy atom. The Morgan fingerprint density at radius 2 is 1.85 bits per heavy atom. The van der Waals surface area contributed by atoms with Gasteiger partial charge < -0.3 is 5.32 Å². The van der Waals surface area contributed by atoms with E-state index < -0.39 is 5.69 Å². The Labute approximate surface area is 155 Å². The SMILES string of the molecule is C=CCNC(=O)Cn1c(-c2ccccc2)nn(-c2ccc(Cl)cc2)c1=O. The summed E-state index contributed by atoms with van der Waals surface area (Å²) >= 11 is 5.91. The number of halogens is 1. The molecule has 2 aromatic carbocycles. The Bertz CT molecular complexity index is 975. The molecule has 0 saturated carbocycles. The van der Waals surface area contributed by atoms with E-state index in [0.29, 0.717) is 23.1 Å². The summed E-state index contributed by atoms with van der Waals surface area (Å²) in [5.41, 5.74) is 0.913. The van der Waals surface area contributed by atoms with Gasteiger partial charge in [0.05, 0.1) is 5.69 Å². The third-order valence-electron chi connectivity index (χ3n) is 3.71. The number of carbonyl (C=O) groups is 1. The zero-order valence-electron chi connectivity index (χ0n) is 13.9. The highest BCUT2D eigenvalue weighted by Crippen LogP contribution is 2.17. The van der Waals surface area contributed by atoms with Gasteiger partial charge in [-0.3, -0.25) is 9.36 Å². The van der Waals surface area contributed by atoms with Gasteiger partial charge in [0, 0.05) is 17.1 Å². The van der Waals surface area contributed by atoms with Crippen LogP contribution < -0.4 is 11.0 Å². The normalized spacial score (nSPS) is 10.5. The number of nitrogens with zero attached hydrogens (tertiary/aromatic N) is 3. The second kappa shape index (κ2) is 7.84. The van der Waals surface area contributed by atoms with E-state index in [1.807, 2.05) is 30.3 Å². The summed E-state index contributed by atoms with van der Waals surface area (Å²) in [6.07, 6.45) is 1.58. The van der Waals surface area contributed by atoms with Crippen molar-refractivity contribution in [2.24, 2.45) is 0 Å². The largest absolute Gasteiger partial charge is 0.351 e. The fourth-order valence-corrected chi connectivity index (χ4v) is 2.60. The predicted octanol–water partition coefficient (Wildman–Crippen LogP) is 2.66. The maximum Gasteiger partial charge on any atom is 0.351 e. The van der Waals surface area contributed by atoms with Crippen molar-refractivity contribution in [3.05, 3.63) is 82.8 Å². The van der Waals surface area contributed by atoms with Gasteiger partial charge in [0.2, 0.25) is 5.91 Å². The smallest absolute Gasteiger partial charge is 0.351 e. The quantitative estimate of drug-likeness (QED) is 0.680. The van der Waals surface area contributed by atoms with Crippen molar-refractivity contribution in [3.63, 3.8) is 0 Å². The van der Waals surface area contributed by atoms with Crippen LogP contribution in [0.5, 0.6) is 0 Å². The lowest BCUT2D eigenvalue weighted by Crippen LogP contribution is -2.33. The fraction of sp³-hybridized carbons (Fsp3) is 0.105. The molecule has 3 aromatic rings. The summed E-state index contributed by atoms with van der Waals surface area (Å²) in [5, 5.41) is 7.67. The van der Waals surface area contributed by atoms with E-state index in [9.17, 15) is 9.59 Å². The number of rotatable bonds is 6. The summed E-state index contributed by atoms with van der Waals surface area (Å²) in [7, 11) is 0. The number of benzene rings is 2. The molecule has 26 heavy (non-hydrogen) atoms. The number of nitrogens with one attached hydrogen (secondary N) is 1. The van der Waals surface area contributed by atoms with Crippen molar-refractivity contribution < 1.29 is 4.79 Å². The monoisotopic (exact) mass is 368 g/mol. The molecular formula is C19H17ClN4O2. The van der Waals surface area contributed by atoms with E-state index in [2.05, 4.69) is 17.0 Å². The number of hydrogen-bond donors (Lipinski definition) is 1. The van der Waals surface area contributed by atoms with Crippen LogP contribution in [-0.4, -0.2) is 26.8 Å². The van der Waals surface area contributed by atoms with Crippen LogP contribution in [-0.2, 0) is 11.3 Å². The Hall–Kier alpha value is -3.12. The molecule has 1 N–H and O–H groups in total. The molecular weight excluding hydrogens is 352 g/mol. The van der Waals surface area contributed by atoms with E-state index >= 15 is 0 Å². The van der Waals surface area contributed by atoms with Crippen molar-refractivity contribution in [2.75, 3.05) is 6.54 Å². The minimum atomic E-state index is -0.403. The molecule has 0 aliphatic heterocycles. The minimum absolute atomic E-state index is 0.134. The first-order chi connectivity index (χ1) is 12.6. The molecule has 0 saturated heterocycles. The number of amides is 1.